The van der Waals surface area contributed by atoms with Gasteiger partial charge in [-0.05, 0) is 56.5 Å². The molecular formula is C16H31N. The van der Waals surface area contributed by atoms with Gasteiger partial charge in [-0.25, -0.2) is 0 Å². The maximum atomic E-state index is 3.42. The largest absolute Gasteiger partial charge is 0.319 e. The molecule has 1 nitrogen and oxygen atoms in total. The number of rotatable bonds is 4. The van der Waals surface area contributed by atoms with Crippen molar-refractivity contribution in [3.63, 3.8) is 0 Å². The lowest BCUT2D eigenvalue weighted by Gasteiger charge is -2.37. The Bertz CT molecular complexity index is 208. The second kappa shape index (κ2) is 6.78. The summed E-state index contributed by atoms with van der Waals surface area (Å²) in [4.78, 5) is 0. The molecule has 2 fully saturated rings. The zero-order valence-electron chi connectivity index (χ0n) is 11.9. The lowest BCUT2D eigenvalue weighted by Crippen LogP contribution is -2.32. The lowest BCUT2D eigenvalue weighted by molar-refractivity contribution is 0.144. The molecule has 1 N–H and O–H groups in total. The molecule has 2 aliphatic rings. The highest BCUT2D eigenvalue weighted by atomic mass is 14.8. The van der Waals surface area contributed by atoms with Gasteiger partial charge >= 0.3 is 0 Å². The standard InChI is InChI=1S/C16H31N/c1-13-8-9-15(12-17-2)16(10-13)11-14-6-4-3-5-7-14/h13-17H,3-12H2,1-2H3. The topological polar surface area (TPSA) is 12.0 Å². The Balaban J connectivity index is 1.85. The van der Waals surface area contributed by atoms with Gasteiger partial charge in [-0.1, -0.05) is 45.4 Å². The molecule has 2 saturated carbocycles. The summed E-state index contributed by atoms with van der Waals surface area (Å²) in [7, 11) is 2.12. The fourth-order valence-corrected chi connectivity index (χ4v) is 4.23. The van der Waals surface area contributed by atoms with Crippen molar-refractivity contribution in [3.05, 3.63) is 0 Å². The molecule has 0 spiro atoms. The van der Waals surface area contributed by atoms with Gasteiger partial charge in [0.25, 0.3) is 0 Å². The molecule has 0 radical (unpaired) electrons. The van der Waals surface area contributed by atoms with Crippen LogP contribution in [-0.4, -0.2) is 13.6 Å². The SMILES string of the molecule is CNCC1CCC(C)CC1CC1CCCCC1. The van der Waals surface area contributed by atoms with Gasteiger partial charge in [-0.2, -0.15) is 0 Å². The van der Waals surface area contributed by atoms with Gasteiger partial charge < -0.3 is 5.32 Å². The number of nitrogens with one attached hydrogen (secondary N) is 1. The zero-order chi connectivity index (χ0) is 12.1. The van der Waals surface area contributed by atoms with Crippen molar-refractivity contribution in [1.29, 1.82) is 0 Å². The van der Waals surface area contributed by atoms with Gasteiger partial charge in [0.15, 0.2) is 0 Å². The second-order valence-electron chi connectivity index (χ2n) is 6.74. The van der Waals surface area contributed by atoms with E-state index in [9.17, 15) is 0 Å². The normalized spacial score (nSPS) is 36.0. The minimum atomic E-state index is 0.970. The third kappa shape index (κ3) is 3.98. The van der Waals surface area contributed by atoms with Gasteiger partial charge in [0.05, 0.1) is 0 Å². The molecule has 0 saturated heterocycles. The first-order chi connectivity index (χ1) is 8.29. The van der Waals surface area contributed by atoms with Crippen molar-refractivity contribution in [3.8, 4) is 0 Å². The Kier molecular flexibility index (Phi) is 5.34. The summed E-state index contributed by atoms with van der Waals surface area (Å²) in [6, 6.07) is 0. The smallest absolute Gasteiger partial charge is 0.00209 e. The summed E-state index contributed by atoms with van der Waals surface area (Å²) >= 11 is 0. The van der Waals surface area contributed by atoms with Gasteiger partial charge in [0.2, 0.25) is 0 Å². The summed E-state index contributed by atoms with van der Waals surface area (Å²) in [5.41, 5.74) is 0. The van der Waals surface area contributed by atoms with E-state index in [1.165, 1.54) is 64.3 Å². The highest BCUT2D eigenvalue weighted by molar-refractivity contribution is 4.82. The second-order valence-corrected chi connectivity index (χ2v) is 6.74. The number of hydrogen-bond donors (Lipinski definition) is 1. The molecule has 1 heteroatoms. The summed E-state index contributed by atoms with van der Waals surface area (Å²) in [5.74, 6) is 4.04. The first-order valence-corrected chi connectivity index (χ1v) is 7.94. The maximum absolute atomic E-state index is 3.42. The van der Waals surface area contributed by atoms with Crippen molar-refractivity contribution in [2.75, 3.05) is 13.6 Å². The molecule has 0 amide bonds. The van der Waals surface area contributed by atoms with Crippen LogP contribution < -0.4 is 5.32 Å². The maximum Gasteiger partial charge on any atom is -0.00209 e. The number of hydrogen-bond acceptors (Lipinski definition) is 1. The van der Waals surface area contributed by atoms with Crippen LogP contribution >= 0.6 is 0 Å². The lowest BCUT2D eigenvalue weighted by atomic mass is 9.69. The van der Waals surface area contributed by atoms with Crippen molar-refractivity contribution < 1.29 is 0 Å². The van der Waals surface area contributed by atoms with Gasteiger partial charge in [-0.3, -0.25) is 0 Å². The Labute approximate surface area is 108 Å². The van der Waals surface area contributed by atoms with Crippen LogP contribution in [0.5, 0.6) is 0 Å². The Hall–Kier alpha value is -0.0400. The average molecular weight is 237 g/mol. The zero-order valence-corrected chi connectivity index (χ0v) is 11.9. The van der Waals surface area contributed by atoms with Crippen LogP contribution in [0, 0.1) is 23.7 Å². The summed E-state index contributed by atoms with van der Waals surface area (Å²) in [6.07, 6.45) is 13.5. The van der Waals surface area contributed by atoms with E-state index in [0.717, 1.165) is 23.7 Å². The van der Waals surface area contributed by atoms with E-state index in [4.69, 9.17) is 0 Å². The highest BCUT2D eigenvalue weighted by Gasteiger charge is 2.30. The van der Waals surface area contributed by atoms with Crippen molar-refractivity contribution >= 4 is 0 Å². The monoisotopic (exact) mass is 237 g/mol. The summed E-state index contributed by atoms with van der Waals surface area (Å²) < 4.78 is 0. The molecule has 2 aliphatic carbocycles. The first kappa shape index (κ1) is 13.4. The summed E-state index contributed by atoms with van der Waals surface area (Å²) in [5, 5.41) is 3.42. The Morgan fingerprint density at radius 2 is 1.71 bits per heavy atom. The van der Waals surface area contributed by atoms with Crippen LogP contribution in [0.1, 0.15) is 64.7 Å². The molecule has 2 rings (SSSR count). The Morgan fingerprint density at radius 3 is 2.41 bits per heavy atom. The van der Waals surface area contributed by atoms with E-state index < -0.39 is 0 Å². The minimum Gasteiger partial charge on any atom is -0.319 e. The van der Waals surface area contributed by atoms with Crippen molar-refractivity contribution in [2.24, 2.45) is 23.7 Å². The van der Waals surface area contributed by atoms with Crippen LogP contribution in [0.25, 0.3) is 0 Å². The van der Waals surface area contributed by atoms with Crippen LogP contribution in [-0.2, 0) is 0 Å². The molecule has 0 aliphatic heterocycles. The molecular weight excluding hydrogens is 206 g/mol. The van der Waals surface area contributed by atoms with E-state index >= 15 is 0 Å². The van der Waals surface area contributed by atoms with E-state index in [1.807, 2.05) is 0 Å². The molecule has 0 aromatic heterocycles. The van der Waals surface area contributed by atoms with E-state index in [1.54, 1.807) is 0 Å². The molecule has 0 bridgehead atoms. The minimum absolute atomic E-state index is 0.970. The predicted molar refractivity (Wildman–Crippen MR) is 75.1 cm³/mol. The quantitative estimate of drug-likeness (QED) is 0.771. The fraction of sp³-hybridized carbons (Fsp3) is 1.00. The van der Waals surface area contributed by atoms with E-state index in [0.29, 0.717) is 0 Å². The molecule has 3 unspecified atom stereocenters. The molecule has 3 atom stereocenters. The fourth-order valence-electron chi connectivity index (χ4n) is 4.23. The van der Waals surface area contributed by atoms with Crippen molar-refractivity contribution in [1.82, 2.24) is 5.32 Å². The molecule has 17 heavy (non-hydrogen) atoms. The van der Waals surface area contributed by atoms with Gasteiger partial charge in [0, 0.05) is 0 Å². The van der Waals surface area contributed by atoms with Crippen LogP contribution in [0.2, 0.25) is 0 Å². The van der Waals surface area contributed by atoms with E-state index in [-0.39, 0.29) is 0 Å². The predicted octanol–water partition coefficient (Wildman–Crippen LogP) is 4.23. The van der Waals surface area contributed by atoms with Crippen LogP contribution in [0.4, 0.5) is 0 Å². The third-order valence-corrected chi connectivity index (χ3v) is 5.23. The van der Waals surface area contributed by atoms with Gasteiger partial charge in [-0.15, -0.1) is 0 Å². The molecule has 0 heterocycles. The molecule has 0 aromatic rings. The highest BCUT2D eigenvalue weighted by Crippen LogP contribution is 2.40. The van der Waals surface area contributed by atoms with Gasteiger partial charge in [0.1, 0.15) is 0 Å². The Morgan fingerprint density at radius 1 is 0.941 bits per heavy atom. The molecule has 100 valence electrons. The third-order valence-electron chi connectivity index (χ3n) is 5.23. The average Bonchev–Trinajstić information content (AvgIpc) is 2.34. The van der Waals surface area contributed by atoms with E-state index in [2.05, 4.69) is 19.3 Å². The first-order valence-electron chi connectivity index (χ1n) is 7.94. The van der Waals surface area contributed by atoms with Crippen molar-refractivity contribution in [2.45, 2.75) is 64.7 Å². The van der Waals surface area contributed by atoms with Crippen LogP contribution in [0.15, 0.2) is 0 Å². The summed E-state index contributed by atoms with van der Waals surface area (Å²) in [6.45, 7) is 3.72. The molecule has 0 aromatic carbocycles. The van der Waals surface area contributed by atoms with Crippen LogP contribution in [0.3, 0.4) is 0 Å².